The molecule has 0 spiro atoms. The second kappa shape index (κ2) is 10.5. The third kappa shape index (κ3) is 4.82. The molecule has 0 N–H and O–H groups in total. The number of pyridine rings is 1. The first-order valence-electron chi connectivity index (χ1n) is 11.6. The number of fused-ring (bicyclic) bond motifs is 1. The van der Waals surface area contributed by atoms with E-state index in [1.807, 2.05) is 38.1 Å². The van der Waals surface area contributed by atoms with Crippen LogP contribution in [0, 0.1) is 13.8 Å². The largest absolute Gasteiger partial charge is 0.383 e. The van der Waals surface area contributed by atoms with Crippen molar-refractivity contribution in [2.75, 3.05) is 31.7 Å². The Bertz CT molecular complexity index is 1320. The topological polar surface area (TPSA) is 97.3 Å². The number of carbonyl (C=O) groups excluding carboxylic acids is 1. The first kappa shape index (κ1) is 24.2. The number of anilines is 1. The molecule has 0 bridgehead atoms. The zero-order valence-electron chi connectivity index (χ0n) is 20.7. The first-order valence-corrected chi connectivity index (χ1v) is 11.6. The van der Waals surface area contributed by atoms with Crippen LogP contribution in [-0.2, 0) is 9.53 Å². The maximum Gasteiger partial charge on any atom is 0.235 e. The van der Waals surface area contributed by atoms with E-state index in [0.717, 1.165) is 47.1 Å². The van der Waals surface area contributed by atoms with Gasteiger partial charge in [-0.1, -0.05) is 6.07 Å². The maximum atomic E-state index is 11.0. The number of hydrogen-bond acceptors (Lipinski definition) is 8. The van der Waals surface area contributed by atoms with Gasteiger partial charge in [0.15, 0.2) is 5.82 Å². The highest BCUT2D eigenvalue weighted by Crippen LogP contribution is 2.30. The molecular weight excluding hydrogens is 442 g/mol. The summed E-state index contributed by atoms with van der Waals surface area (Å²) in [5.74, 6) is 0.602. The number of imidazole rings is 1. The van der Waals surface area contributed by atoms with Gasteiger partial charge in [0.25, 0.3) is 0 Å². The fourth-order valence-corrected chi connectivity index (χ4v) is 4.07. The predicted octanol–water partition coefficient (Wildman–Crippen LogP) is 4.10. The molecule has 1 aromatic carbocycles. The average Bonchev–Trinajstić information content (AvgIpc) is 3.38. The summed E-state index contributed by atoms with van der Waals surface area (Å²) in [5.41, 5.74) is 6.44. The molecule has 0 saturated heterocycles. The van der Waals surface area contributed by atoms with E-state index >= 15 is 0 Å². The lowest BCUT2D eigenvalue weighted by molar-refractivity contribution is 0.205. The Morgan fingerprint density at radius 3 is 2.71 bits per heavy atom. The van der Waals surface area contributed by atoms with Gasteiger partial charge in [-0.25, -0.2) is 19.4 Å². The minimum absolute atomic E-state index is 0.505. The molecule has 1 atom stereocenters. The Kier molecular flexibility index (Phi) is 7.29. The van der Waals surface area contributed by atoms with E-state index in [4.69, 9.17) is 19.8 Å². The minimum atomic E-state index is -0.505. The van der Waals surface area contributed by atoms with Gasteiger partial charge < -0.3 is 9.64 Å². The zero-order chi connectivity index (χ0) is 24.9. The van der Waals surface area contributed by atoms with Crippen LogP contribution >= 0.6 is 0 Å². The van der Waals surface area contributed by atoms with Crippen molar-refractivity contribution in [3.8, 4) is 11.4 Å². The van der Waals surface area contributed by atoms with Crippen molar-refractivity contribution in [3.63, 3.8) is 0 Å². The number of benzene rings is 1. The number of isocyanates is 1. The summed E-state index contributed by atoms with van der Waals surface area (Å²) in [6.07, 6.45) is 3.37. The van der Waals surface area contributed by atoms with Gasteiger partial charge in [0.05, 0.1) is 23.7 Å². The number of hydrogen-bond donors (Lipinski definition) is 0. The molecule has 1 aliphatic heterocycles. The monoisotopic (exact) mass is 471 g/mol. The lowest BCUT2D eigenvalue weighted by Gasteiger charge is -2.23. The van der Waals surface area contributed by atoms with Crippen LogP contribution in [0.1, 0.15) is 30.9 Å². The average molecular weight is 472 g/mol. The lowest BCUT2D eigenvalue weighted by atomic mass is 10.1. The number of rotatable bonds is 9. The van der Waals surface area contributed by atoms with Crippen LogP contribution in [0.2, 0.25) is 0 Å². The van der Waals surface area contributed by atoms with Crippen molar-refractivity contribution < 1.29 is 9.53 Å². The van der Waals surface area contributed by atoms with Crippen molar-refractivity contribution in [3.05, 3.63) is 59.7 Å². The highest BCUT2D eigenvalue weighted by molar-refractivity contribution is 6.51. The molecule has 1 unspecified atom stereocenters. The number of aryl methyl sites for hydroxylation is 1. The molecule has 0 amide bonds. The molecule has 0 aliphatic carbocycles. The van der Waals surface area contributed by atoms with Gasteiger partial charge in [0.1, 0.15) is 23.2 Å². The van der Waals surface area contributed by atoms with Crippen LogP contribution in [-0.4, -0.2) is 65.0 Å². The summed E-state index contributed by atoms with van der Waals surface area (Å²) < 4.78 is 6.99. The van der Waals surface area contributed by atoms with Gasteiger partial charge >= 0.3 is 0 Å². The summed E-state index contributed by atoms with van der Waals surface area (Å²) >= 11 is 0. The first-order chi connectivity index (χ1) is 17.0. The zero-order valence-corrected chi connectivity index (χ0v) is 20.7. The van der Waals surface area contributed by atoms with Crippen LogP contribution in [0.3, 0.4) is 0 Å². The fraction of sp³-hybridized carbons (Fsp3) is 0.346. The molecule has 35 heavy (non-hydrogen) atoms. The molecule has 9 heteroatoms. The molecule has 9 nitrogen and oxygen atoms in total. The summed E-state index contributed by atoms with van der Waals surface area (Å²) in [5, 5.41) is 4.73. The predicted molar refractivity (Wildman–Crippen MR) is 138 cm³/mol. The number of ether oxygens (including phenoxy) is 1. The third-order valence-corrected chi connectivity index (χ3v) is 6.02. The third-order valence-electron chi connectivity index (χ3n) is 6.02. The Morgan fingerprint density at radius 2 is 2.06 bits per heavy atom. The smallest absolute Gasteiger partial charge is 0.235 e. The van der Waals surface area contributed by atoms with Crippen molar-refractivity contribution in [2.24, 2.45) is 15.1 Å². The molecule has 4 rings (SSSR count). The molecular formula is C26H29N7O2. The summed E-state index contributed by atoms with van der Waals surface area (Å²) in [4.78, 5) is 31.4. The van der Waals surface area contributed by atoms with Crippen molar-refractivity contribution in [1.29, 1.82) is 0 Å². The van der Waals surface area contributed by atoms with E-state index in [1.54, 1.807) is 31.0 Å². The Balaban J connectivity index is 1.79. The van der Waals surface area contributed by atoms with Crippen LogP contribution in [0.25, 0.3) is 11.4 Å². The van der Waals surface area contributed by atoms with E-state index in [-0.39, 0.29) is 0 Å². The van der Waals surface area contributed by atoms with Crippen LogP contribution in [0.4, 0.5) is 11.4 Å². The van der Waals surface area contributed by atoms with Crippen molar-refractivity contribution in [1.82, 2.24) is 14.6 Å². The molecule has 3 heterocycles. The lowest BCUT2D eigenvalue weighted by Crippen LogP contribution is -2.26. The number of methoxy groups -OCH3 is 1. The van der Waals surface area contributed by atoms with Gasteiger partial charge in [0.2, 0.25) is 6.08 Å². The van der Waals surface area contributed by atoms with Crippen LogP contribution in [0.15, 0.2) is 57.7 Å². The number of aromatic nitrogens is 3. The van der Waals surface area contributed by atoms with E-state index in [0.29, 0.717) is 23.9 Å². The van der Waals surface area contributed by atoms with Crippen molar-refractivity contribution >= 4 is 28.9 Å². The Labute approximate surface area is 204 Å². The molecule has 3 aromatic rings. The SMILES string of the molecule is CCN(CCOC)c1ccc(N=C2C(C(C)N=C=O)=Nn3c2nc(-c2ccccn2)c3C)c(C)c1. The van der Waals surface area contributed by atoms with Gasteiger partial charge in [-0.05, 0) is 63.6 Å². The van der Waals surface area contributed by atoms with E-state index in [9.17, 15) is 4.79 Å². The Hall–Kier alpha value is -3.94. The van der Waals surface area contributed by atoms with Gasteiger partial charge in [-0.15, -0.1) is 0 Å². The highest BCUT2D eigenvalue weighted by atomic mass is 16.5. The number of nitrogens with zero attached hydrogens (tertiary/aromatic N) is 7. The van der Waals surface area contributed by atoms with Gasteiger partial charge in [0, 0.05) is 32.1 Å². The van der Waals surface area contributed by atoms with Crippen LogP contribution < -0.4 is 4.90 Å². The van der Waals surface area contributed by atoms with Crippen LogP contribution in [0.5, 0.6) is 0 Å². The Morgan fingerprint density at radius 1 is 1.23 bits per heavy atom. The molecule has 0 fully saturated rings. The molecule has 0 saturated carbocycles. The minimum Gasteiger partial charge on any atom is -0.383 e. The number of likely N-dealkylation sites (N-methyl/N-ethyl adjacent to an activating group) is 1. The van der Waals surface area contributed by atoms with Gasteiger partial charge in [-0.2, -0.15) is 10.1 Å². The second-order valence-electron chi connectivity index (χ2n) is 8.28. The van der Waals surface area contributed by atoms with E-state index < -0.39 is 6.04 Å². The van der Waals surface area contributed by atoms with Gasteiger partial charge in [-0.3, -0.25) is 4.98 Å². The molecule has 2 aromatic heterocycles. The molecule has 1 aliphatic rings. The van der Waals surface area contributed by atoms with E-state index in [1.165, 1.54) is 0 Å². The quantitative estimate of drug-likeness (QED) is 0.346. The summed E-state index contributed by atoms with van der Waals surface area (Å²) in [6.45, 7) is 10.2. The highest BCUT2D eigenvalue weighted by Gasteiger charge is 2.32. The number of aliphatic imine (C=N–C) groups is 2. The summed E-state index contributed by atoms with van der Waals surface area (Å²) in [6, 6.07) is 11.4. The standard InChI is InChI=1S/C26H29N7O2/c1-6-32(13-14-35-5)20-10-11-21(17(2)15-20)29-25-23(18(3)28-16-34)31-33-19(4)24(30-26(25)33)22-9-7-8-12-27-22/h7-12,15,18H,6,13-14H2,1-5H3. The normalized spacial score (nSPS) is 14.4. The molecule has 0 radical (unpaired) electrons. The summed E-state index contributed by atoms with van der Waals surface area (Å²) in [7, 11) is 1.71. The molecule has 180 valence electrons. The second-order valence-corrected chi connectivity index (χ2v) is 8.28. The van der Waals surface area contributed by atoms with Crippen molar-refractivity contribution in [2.45, 2.75) is 33.7 Å². The fourth-order valence-electron chi connectivity index (χ4n) is 4.07. The van der Waals surface area contributed by atoms with E-state index in [2.05, 4.69) is 33.9 Å². The maximum absolute atomic E-state index is 11.0.